The van der Waals surface area contributed by atoms with E-state index < -0.39 is 0 Å². The molecule has 2 saturated heterocycles. The topological polar surface area (TPSA) is 78.9 Å². The Kier molecular flexibility index (Phi) is 6.59. The molecule has 0 N–H and O–H groups in total. The van der Waals surface area contributed by atoms with Crippen LogP contribution in [0.4, 0.5) is 16.0 Å². The third-order valence-electron chi connectivity index (χ3n) is 5.83. The number of carbonyl (C=O) groups is 2. The molecule has 9 heteroatoms. The number of amides is 1. The smallest absolute Gasteiger partial charge is 0.309 e. The molecule has 31 heavy (non-hydrogen) atoms. The standard InChI is InChI=1S/C22H26FN5O3/c23-18-2-4-19(5-3-18)26-12-14-27(15-13-26)20(29)16-31-21(30)17-6-10-28(11-7-17)22-24-8-1-9-25-22/h1-5,8-9,17H,6-7,10-16H2. The lowest BCUT2D eigenvalue weighted by Crippen LogP contribution is -2.50. The van der Waals surface area contributed by atoms with E-state index in [-0.39, 0.29) is 30.2 Å². The molecular formula is C22H26FN5O3. The summed E-state index contributed by atoms with van der Waals surface area (Å²) in [6.45, 7) is 3.55. The molecule has 8 nitrogen and oxygen atoms in total. The van der Waals surface area contributed by atoms with Crippen molar-refractivity contribution in [3.8, 4) is 0 Å². The van der Waals surface area contributed by atoms with E-state index in [0.717, 1.165) is 5.69 Å². The minimum atomic E-state index is -0.313. The molecule has 0 saturated carbocycles. The van der Waals surface area contributed by atoms with Gasteiger partial charge in [0, 0.05) is 57.3 Å². The number of nitrogens with zero attached hydrogens (tertiary/aromatic N) is 5. The third kappa shape index (κ3) is 5.28. The molecule has 0 radical (unpaired) electrons. The van der Waals surface area contributed by atoms with Crippen molar-refractivity contribution in [2.75, 3.05) is 55.7 Å². The van der Waals surface area contributed by atoms with Gasteiger partial charge < -0.3 is 19.4 Å². The number of carbonyl (C=O) groups excluding carboxylic acids is 2. The molecule has 1 aromatic carbocycles. The van der Waals surface area contributed by atoms with Crippen LogP contribution in [-0.4, -0.2) is 72.6 Å². The number of esters is 1. The quantitative estimate of drug-likeness (QED) is 0.673. The second-order valence-electron chi connectivity index (χ2n) is 7.76. The molecule has 2 aliphatic rings. The van der Waals surface area contributed by atoms with E-state index in [0.29, 0.717) is 58.1 Å². The van der Waals surface area contributed by atoms with E-state index in [1.807, 2.05) is 0 Å². The summed E-state index contributed by atoms with van der Waals surface area (Å²) < 4.78 is 18.4. The van der Waals surface area contributed by atoms with Crippen LogP contribution in [0.1, 0.15) is 12.8 Å². The van der Waals surface area contributed by atoms with Gasteiger partial charge in [-0.3, -0.25) is 9.59 Å². The first-order chi connectivity index (χ1) is 15.1. The average Bonchev–Trinajstić information content (AvgIpc) is 2.83. The SMILES string of the molecule is O=C(OCC(=O)N1CCN(c2ccc(F)cc2)CC1)C1CCN(c2ncccn2)CC1. The fourth-order valence-electron chi connectivity index (χ4n) is 3.98. The lowest BCUT2D eigenvalue weighted by Gasteiger charge is -2.36. The van der Waals surface area contributed by atoms with Crippen LogP contribution in [0.5, 0.6) is 0 Å². The summed E-state index contributed by atoms with van der Waals surface area (Å²) in [7, 11) is 0. The highest BCUT2D eigenvalue weighted by molar-refractivity contribution is 5.81. The monoisotopic (exact) mass is 427 g/mol. The lowest BCUT2D eigenvalue weighted by atomic mass is 9.97. The lowest BCUT2D eigenvalue weighted by molar-refractivity contribution is -0.156. The van der Waals surface area contributed by atoms with Gasteiger partial charge in [0.25, 0.3) is 5.91 Å². The van der Waals surface area contributed by atoms with Crippen LogP contribution in [0.3, 0.4) is 0 Å². The summed E-state index contributed by atoms with van der Waals surface area (Å²) >= 11 is 0. The number of aromatic nitrogens is 2. The Morgan fingerprint density at radius 1 is 0.935 bits per heavy atom. The van der Waals surface area contributed by atoms with Gasteiger partial charge in [0.15, 0.2) is 6.61 Å². The Labute approximate surface area is 180 Å². The first-order valence-corrected chi connectivity index (χ1v) is 10.6. The molecule has 164 valence electrons. The Bertz CT molecular complexity index is 880. The van der Waals surface area contributed by atoms with Crippen LogP contribution in [0.2, 0.25) is 0 Å². The van der Waals surface area contributed by atoms with Crippen molar-refractivity contribution in [1.29, 1.82) is 0 Å². The average molecular weight is 427 g/mol. The number of piperazine rings is 1. The van der Waals surface area contributed by atoms with Crippen molar-refractivity contribution in [3.63, 3.8) is 0 Å². The minimum absolute atomic E-state index is 0.178. The summed E-state index contributed by atoms with van der Waals surface area (Å²) in [6.07, 6.45) is 4.71. The maximum atomic E-state index is 13.1. The minimum Gasteiger partial charge on any atom is -0.455 e. The van der Waals surface area contributed by atoms with E-state index in [4.69, 9.17) is 4.74 Å². The van der Waals surface area contributed by atoms with Crippen LogP contribution in [-0.2, 0) is 14.3 Å². The number of anilines is 2. The molecule has 2 aliphatic heterocycles. The number of benzene rings is 1. The Morgan fingerprint density at radius 3 is 2.23 bits per heavy atom. The molecule has 0 unspecified atom stereocenters. The van der Waals surface area contributed by atoms with Crippen LogP contribution >= 0.6 is 0 Å². The van der Waals surface area contributed by atoms with E-state index >= 15 is 0 Å². The molecule has 1 amide bonds. The van der Waals surface area contributed by atoms with Gasteiger partial charge in [-0.25, -0.2) is 14.4 Å². The largest absolute Gasteiger partial charge is 0.455 e. The van der Waals surface area contributed by atoms with Crippen molar-refractivity contribution in [2.45, 2.75) is 12.8 Å². The predicted molar refractivity (Wildman–Crippen MR) is 113 cm³/mol. The molecule has 0 atom stereocenters. The van der Waals surface area contributed by atoms with Crippen LogP contribution in [0.15, 0.2) is 42.7 Å². The summed E-state index contributed by atoms with van der Waals surface area (Å²) in [6, 6.07) is 8.12. The van der Waals surface area contributed by atoms with Gasteiger partial charge in [-0.1, -0.05) is 0 Å². The van der Waals surface area contributed by atoms with E-state index in [2.05, 4.69) is 19.8 Å². The number of hydrogen-bond donors (Lipinski definition) is 0. The van der Waals surface area contributed by atoms with Gasteiger partial charge in [-0.15, -0.1) is 0 Å². The first kappa shape index (κ1) is 21.0. The van der Waals surface area contributed by atoms with Crippen molar-refractivity contribution < 1.29 is 18.7 Å². The highest BCUT2D eigenvalue weighted by Crippen LogP contribution is 2.21. The molecule has 2 fully saturated rings. The highest BCUT2D eigenvalue weighted by Gasteiger charge is 2.28. The molecule has 2 aromatic rings. The molecule has 0 aliphatic carbocycles. The Hall–Kier alpha value is -3.23. The zero-order chi connectivity index (χ0) is 21.6. The first-order valence-electron chi connectivity index (χ1n) is 10.6. The van der Waals surface area contributed by atoms with Gasteiger partial charge >= 0.3 is 5.97 Å². The van der Waals surface area contributed by atoms with Gasteiger partial charge in [-0.2, -0.15) is 0 Å². The molecule has 3 heterocycles. The second-order valence-corrected chi connectivity index (χ2v) is 7.76. The molecule has 0 bridgehead atoms. The van der Waals surface area contributed by atoms with Crippen molar-refractivity contribution in [1.82, 2.24) is 14.9 Å². The van der Waals surface area contributed by atoms with E-state index in [1.165, 1.54) is 12.1 Å². The van der Waals surface area contributed by atoms with Gasteiger partial charge in [0.05, 0.1) is 5.92 Å². The maximum absolute atomic E-state index is 13.1. The van der Waals surface area contributed by atoms with Gasteiger partial charge in [0.1, 0.15) is 5.82 Å². The highest BCUT2D eigenvalue weighted by atomic mass is 19.1. The fourth-order valence-corrected chi connectivity index (χ4v) is 3.98. The molecular weight excluding hydrogens is 401 g/mol. The maximum Gasteiger partial charge on any atom is 0.309 e. The van der Waals surface area contributed by atoms with Gasteiger partial charge in [-0.05, 0) is 43.2 Å². The Morgan fingerprint density at radius 2 is 1.58 bits per heavy atom. The number of rotatable bonds is 5. The number of halogens is 1. The fraction of sp³-hybridized carbons (Fsp3) is 0.455. The van der Waals surface area contributed by atoms with Gasteiger partial charge in [0.2, 0.25) is 5.95 Å². The van der Waals surface area contributed by atoms with Crippen LogP contribution in [0, 0.1) is 11.7 Å². The normalized spacial score (nSPS) is 17.5. The third-order valence-corrected chi connectivity index (χ3v) is 5.83. The van der Waals surface area contributed by atoms with Crippen LogP contribution in [0.25, 0.3) is 0 Å². The predicted octanol–water partition coefficient (Wildman–Crippen LogP) is 1.72. The van der Waals surface area contributed by atoms with Crippen molar-refractivity contribution in [3.05, 3.63) is 48.5 Å². The number of hydrogen-bond acceptors (Lipinski definition) is 7. The van der Waals surface area contributed by atoms with E-state index in [1.54, 1.807) is 35.5 Å². The number of piperidine rings is 1. The molecule has 4 rings (SSSR count). The zero-order valence-electron chi connectivity index (χ0n) is 17.3. The molecule has 0 spiro atoms. The summed E-state index contributed by atoms with van der Waals surface area (Å²) in [5, 5.41) is 0. The second kappa shape index (κ2) is 9.72. The van der Waals surface area contributed by atoms with Crippen LogP contribution < -0.4 is 9.80 Å². The zero-order valence-corrected chi connectivity index (χ0v) is 17.3. The van der Waals surface area contributed by atoms with Crippen molar-refractivity contribution >= 4 is 23.5 Å². The summed E-state index contributed by atoms with van der Waals surface area (Å²) in [5.74, 6) is -0.292. The molecule has 1 aromatic heterocycles. The van der Waals surface area contributed by atoms with E-state index in [9.17, 15) is 14.0 Å². The van der Waals surface area contributed by atoms with Crippen molar-refractivity contribution in [2.24, 2.45) is 5.92 Å². The number of ether oxygens (including phenoxy) is 1. The summed E-state index contributed by atoms with van der Waals surface area (Å²) in [5.41, 5.74) is 0.937. The summed E-state index contributed by atoms with van der Waals surface area (Å²) in [4.78, 5) is 39.2. The Balaban J connectivity index is 1.18.